The summed E-state index contributed by atoms with van der Waals surface area (Å²) in [6, 6.07) is 0.617. The molecule has 5 atom stereocenters. The van der Waals surface area contributed by atoms with E-state index in [0.717, 1.165) is 24.4 Å². The van der Waals surface area contributed by atoms with Gasteiger partial charge in [-0.3, -0.25) is 0 Å². The predicted octanol–water partition coefficient (Wildman–Crippen LogP) is 2.58. The van der Waals surface area contributed by atoms with Crippen molar-refractivity contribution in [3.63, 3.8) is 0 Å². The molecule has 5 unspecified atom stereocenters. The van der Waals surface area contributed by atoms with E-state index in [1.165, 1.54) is 44.9 Å². The minimum absolute atomic E-state index is 0.504. The highest BCUT2D eigenvalue weighted by Crippen LogP contribution is 2.50. The first-order chi connectivity index (χ1) is 7.86. The normalized spacial score (nSPS) is 44.1. The van der Waals surface area contributed by atoms with E-state index in [4.69, 9.17) is 4.74 Å². The molecule has 2 saturated carbocycles. The Balaban J connectivity index is 1.55. The topological polar surface area (TPSA) is 21.3 Å². The van der Waals surface area contributed by atoms with Crippen LogP contribution >= 0.6 is 0 Å². The fraction of sp³-hybridized carbons (Fsp3) is 1.00. The lowest BCUT2D eigenvalue weighted by molar-refractivity contribution is 0.0683. The molecule has 1 heterocycles. The number of fused-ring (bicyclic) bond motifs is 2. The minimum atomic E-state index is 0.504. The van der Waals surface area contributed by atoms with Crippen LogP contribution in [0.4, 0.5) is 0 Å². The van der Waals surface area contributed by atoms with Gasteiger partial charge in [0.1, 0.15) is 0 Å². The number of hydrogen-bond donors (Lipinski definition) is 1. The fourth-order valence-electron chi connectivity index (χ4n) is 4.37. The molecule has 0 aromatic carbocycles. The lowest BCUT2D eigenvalue weighted by Gasteiger charge is -2.29. The molecule has 2 aliphatic carbocycles. The molecule has 1 saturated heterocycles. The van der Waals surface area contributed by atoms with E-state index in [2.05, 4.69) is 12.4 Å². The Labute approximate surface area is 99.1 Å². The average Bonchev–Trinajstić information content (AvgIpc) is 3.01. The molecule has 3 aliphatic rings. The van der Waals surface area contributed by atoms with Gasteiger partial charge in [-0.05, 0) is 63.3 Å². The van der Waals surface area contributed by atoms with Crippen LogP contribution in [0.1, 0.15) is 44.9 Å². The van der Waals surface area contributed by atoms with Gasteiger partial charge in [0, 0.05) is 12.6 Å². The highest BCUT2D eigenvalue weighted by Gasteiger charge is 2.41. The number of rotatable bonds is 4. The van der Waals surface area contributed by atoms with E-state index in [-0.39, 0.29) is 0 Å². The Morgan fingerprint density at radius 3 is 2.75 bits per heavy atom. The maximum Gasteiger partial charge on any atom is 0.0728 e. The van der Waals surface area contributed by atoms with Crippen molar-refractivity contribution >= 4 is 0 Å². The van der Waals surface area contributed by atoms with Gasteiger partial charge >= 0.3 is 0 Å². The highest BCUT2D eigenvalue weighted by atomic mass is 16.5. The standard InChI is InChI=1S/C14H25NO/c1-15-13(14-3-2-6-16-14)9-12-8-10-4-5-11(12)7-10/h10-15H,2-9H2,1H3. The third-order valence-electron chi connectivity index (χ3n) is 5.23. The summed E-state index contributed by atoms with van der Waals surface area (Å²) in [6.07, 6.45) is 10.5. The second-order valence-electron chi connectivity index (χ2n) is 6.12. The van der Waals surface area contributed by atoms with Crippen LogP contribution in [0.2, 0.25) is 0 Å². The SMILES string of the molecule is CNC(CC1CC2CCC1C2)C1CCCO1. The molecule has 92 valence electrons. The zero-order chi connectivity index (χ0) is 11.0. The van der Waals surface area contributed by atoms with Crippen molar-refractivity contribution in [2.45, 2.75) is 57.1 Å². The molecule has 2 nitrogen and oxygen atoms in total. The first kappa shape index (κ1) is 11.0. The van der Waals surface area contributed by atoms with Crippen LogP contribution in [0.15, 0.2) is 0 Å². The Kier molecular flexibility index (Phi) is 3.21. The maximum absolute atomic E-state index is 5.83. The highest BCUT2D eigenvalue weighted by molar-refractivity contribution is 4.93. The first-order valence-electron chi connectivity index (χ1n) is 7.15. The van der Waals surface area contributed by atoms with Crippen molar-refractivity contribution in [2.24, 2.45) is 17.8 Å². The molecule has 0 amide bonds. The Hall–Kier alpha value is -0.0800. The Bertz CT molecular complexity index is 237. The summed E-state index contributed by atoms with van der Waals surface area (Å²) in [6.45, 7) is 0.986. The zero-order valence-corrected chi connectivity index (χ0v) is 10.5. The summed E-state index contributed by atoms with van der Waals surface area (Å²) in [5.74, 6) is 3.14. The summed E-state index contributed by atoms with van der Waals surface area (Å²) in [5.41, 5.74) is 0. The second-order valence-corrected chi connectivity index (χ2v) is 6.12. The van der Waals surface area contributed by atoms with E-state index in [1.807, 2.05) is 0 Å². The van der Waals surface area contributed by atoms with Crippen LogP contribution in [-0.4, -0.2) is 25.8 Å². The average molecular weight is 223 g/mol. The van der Waals surface area contributed by atoms with Crippen LogP contribution in [-0.2, 0) is 4.74 Å². The van der Waals surface area contributed by atoms with Gasteiger partial charge in [-0.2, -0.15) is 0 Å². The van der Waals surface area contributed by atoms with Gasteiger partial charge in [-0.25, -0.2) is 0 Å². The molecule has 0 radical (unpaired) electrons. The zero-order valence-electron chi connectivity index (χ0n) is 10.5. The number of ether oxygens (including phenoxy) is 1. The van der Waals surface area contributed by atoms with E-state index < -0.39 is 0 Å². The van der Waals surface area contributed by atoms with Crippen molar-refractivity contribution in [3.8, 4) is 0 Å². The smallest absolute Gasteiger partial charge is 0.0728 e. The van der Waals surface area contributed by atoms with Crippen LogP contribution in [0, 0.1) is 17.8 Å². The van der Waals surface area contributed by atoms with E-state index >= 15 is 0 Å². The molecule has 3 fully saturated rings. The number of nitrogens with one attached hydrogen (secondary N) is 1. The Morgan fingerprint density at radius 2 is 2.19 bits per heavy atom. The molecule has 3 rings (SSSR count). The molecular formula is C14H25NO. The van der Waals surface area contributed by atoms with Crippen molar-refractivity contribution in [3.05, 3.63) is 0 Å². The monoisotopic (exact) mass is 223 g/mol. The van der Waals surface area contributed by atoms with E-state index in [9.17, 15) is 0 Å². The quantitative estimate of drug-likeness (QED) is 0.791. The minimum Gasteiger partial charge on any atom is -0.377 e. The third-order valence-corrected chi connectivity index (χ3v) is 5.23. The van der Waals surface area contributed by atoms with E-state index in [1.54, 1.807) is 0 Å². The second kappa shape index (κ2) is 4.66. The van der Waals surface area contributed by atoms with Crippen LogP contribution in [0.25, 0.3) is 0 Å². The van der Waals surface area contributed by atoms with Gasteiger partial charge in [0.05, 0.1) is 6.10 Å². The summed E-state index contributed by atoms with van der Waals surface area (Å²) < 4.78 is 5.83. The van der Waals surface area contributed by atoms with Crippen molar-refractivity contribution in [1.29, 1.82) is 0 Å². The molecule has 1 aliphatic heterocycles. The molecule has 0 aromatic heterocycles. The summed E-state index contributed by atoms with van der Waals surface area (Å²) in [4.78, 5) is 0. The molecule has 2 bridgehead atoms. The molecular weight excluding hydrogens is 198 g/mol. The van der Waals surface area contributed by atoms with E-state index in [0.29, 0.717) is 12.1 Å². The number of hydrogen-bond acceptors (Lipinski definition) is 2. The summed E-state index contributed by atoms with van der Waals surface area (Å²) in [7, 11) is 2.11. The van der Waals surface area contributed by atoms with Gasteiger partial charge < -0.3 is 10.1 Å². The predicted molar refractivity (Wildman–Crippen MR) is 65.4 cm³/mol. The van der Waals surface area contributed by atoms with Crippen LogP contribution in [0.3, 0.4) is 0 Å². The van der Waals surface area contributed by atoms with Crippen LogP contribution in [0.5, 0.6) is 0 Å². The summed E-state index contributed by atoms with van der Waals surface area (Å²) >= 11 is 0. The van der Waals surface area contributed by atoms with Gasteiger partial charge in [0.15, 0.2) is 0 Å². The van der Waals surface area contributed by atoms with Gasteiger partial charge in [-0.1, -0.05) is 6.42 Å². The van der Waals surface area contributed by atoms with Gasteiger partial charge in [-0.15, -0.1) is 0 Å². The van der Waals surface area contributed by atoms with Crippen molar-refractivity contribution in [2.75, 3.05) is 13.7 Å². The van der Waals surface area contributed by atoms with Gasteiger partial charge in [0.2, 0.25) is 0 Å². The molecule has 0 spiro atoms. The van der Waals surface area contributed by atoms with Gasteiger partial charge in [0.25, 0.3) is 0 Å². The Morgan fingerprint density at radius 1 is 1.25 bits per heavy atom. The van der Waals surface area contributed by atoms with Crippen molar-refractivity contribution < 1.29 is 4.74 Å². The number of likely N-dealkylation sites (N-methyl/N-ethyl adjacent to an activating group) is 1. The fourth-order valence-corrected chi connectivity index (χ4v) is 4.37. The largest absolute Gasteiger partial charge is 0.377 e. The lowest BCUT2D eigenvalue weighted by Crippen LogP contribution is -2.39. The van der Waals surface area contributed by atoms with Crippen molar-refractivity contribution in [1.82, 2.24) is 5.32 Å². The lowest BCUT2D eigenvalue weighted by atomic mass is 9.83. The van der Waals surface area contributed by atoms with Crippen LogP contribution < -0.4 is 5.32 Å². The molecule has 16 heavy (non-hydrogen) atoms. The third kappa shape index (κ3) is 2.02. The molecule has 0 aromatic rings. The maximum atomic E-state index is 5.83. The summed E-state index contributed by atoms with van der Waals surface area (Å²) in [5, 5.41) is 3.51. The molecule has 1 N–H and O–H groups in total. The molecule has 2 heteroatoms. The first-order valence-corrected chi connectivity index (χ1v) is 7.15.